The molecule has 1 N–H and O–H groups in total. The molecule has 1 aliphatic heterocycles. The molecule has 142 valence electrons. The van der Waals surface area contributed by atoms with E-state index in [1.165, 1.54) is 5.69 Å². The number of rotatable bonds is 5. The van der Waals surface area contributed by atoms with E-state index in [9.17, 15) is 0 Å². The summed E-state index contributed by atoms with van der Waals surface area (Å²) in [5.41, 5.74) is 1.21. The van der Waals surface area contributed by atoms with Gasteiger partial charge in [-0.05, 0) is 18.2 Å². The van der Waals surface area contributed by atoms with Crippen LogP contribution in [0, 0.1) is 0 Å². The molecular formula is C18H27IN6O. The molecule has 1 fully saturated rings. The van der Waals surface area contributed by atoms with Crippen LogP contribution in [-0.2, 0) is 6.54 Å². The highest BCUT2D eigenvalue weighted by Gasteiger charge is 2.19. The molecule has 0 spiro atoms. The topological polar surface area (TPSA) is 57.9 Å². The van der Waals surface area contributed by atoms with Crippen LogP contribution in [0.25, 0.3) is 0 Å². The van der Waals surface area contributed by atoms with E-state index in [0.717, 1.165) is 51.0 Å². The van der Waals surface area contributed by atoms with Crippen LogP contribution in [0.3, 0.4) is 0 Å². The fourth-order valence-corrected chi connectivity index (χ4v) is 3.03. The molecule has 1 saturated heterocycles. The van der Waals surface area contributed by atoms with Gasteiger partial charge in [-0.3, -0.25) is 9.67 Å². The van der Waals surface area contributed by atoms with Gasteiger partial charge < -0.3 is 19.9 Å². The van der Waals surface area contributed by atoms with Crippen molar-refractivity contribution in [1.29, 1.82) is 0 Å². The highest BCUT2D eigenvalue weighted by molar-refractivity contribution is 14.0. The second-order valence-corrected chi connectivity index (χ2v) is 5.92. The molecule has 0 bridgehead atoms. The van der Waals surface area contributed by atoms with E-state index in [-0.39, 0.29) is 24.0 Å². The summed E-state index contributed by atoms with van der Waals surface area (Å²) in [6.45, 7) is 5.46. The van der Waals surface area contributed by atoms with Crippen molar-refractivity contribution in [2.24, 2.45) is 4.99 Å². The fraction of sp³-hybridized carbons (Fsp3) is 0.444. The number of piperazine rings is 1. The first-order valence-electron chi connectivity index (χ1n) is 8.62. The summed E-state index contributed by atoms with van der Waals surface area (Å²) in [7, 11) is 3.54. The first-order chi connectivity index (χ1) is 12.3. The van der Waals surface area contributed by atoms with Gasteiger partial charge >= 0.3 is 0 Å². The Morgan fingerprint density at radius 1 is 1.23 bits per heavy atom. The molecule has 0 unspecified atom stereocenters. The molecule has 1 aliphatic rings. The smallest absolute Gasteiger partial charge is 0.193 e. The molecule has 0 amide bonds. The number of guanidine groups is 1. The first-order valence-corrected chi connectivity index (χ1v) is 8.62. The number of halogens is 1. The summed E-state index contributed by atoms with van der Waals surface area (Å²) in [5, 5.41) is 7.64. The molecule has 2 aromatic rings. The Kier molecular flexibility index (Phi) is 8.02. The Hall–Kier alpha value is -1.97. The molecular weight excluding hydrogens is 443 g/mol. The van der Waals surface area contributed by atoms with Crippen LogP contribution in [0.5, 0.6) is 5.75 Å². The zero-order chi connectivity index (χ0) is 17.5. The lowest BCUT2D eigenvalue weighted by Crippen LogP contribution is -2.52. The molecule has 0 aliphatic carbocycles. The van der Waals surface area contributed by atoms with Crippen molar-refractivity contribution in [3.8, 4) is 5.75 Å². The molecule has 0 radical (unpaired) electrons. The van der Waals surface area contributed by atoms with E-state index in [4.69, 9.17) is 4.74 Å². The molecule has 7 nitrogen and oxygen atoms in total. The minimum atomic E-state index is 0. The fourth-order valence-electron chi connectivity index (χ4n) is 3.03. The van der Waals surface area contributed by atoms with Crippen LogP contribution in [0.4, 0.5) is 5.69 Å². The van der Waals surface area contributed by atoms with E-state index in [1.54, 1.807) is 13.3 Å². The van der Waals surface area contributed by atoms with Crippen LogP contribution >= 0.6 is 24.0 Å². The largest absolute Gasteiger partial charge is 0.497 e. The normalized spacial score (nSPS) is 14.8. The maximum atomic E-state index is 5.32. The van der Waals surface area contributed by atoms with E-state index in [2.05, 4.69) is 37.3 Å². The number of hydrogen-bond donors (Lipinski definition) is 1. The van der Waals surface area contributed by atoms with Gasteiger partial charge in [-0.2, -0.15) is 5.10 Å². The van der Waals surface area contributed by atoms with E-state index < -0.39 is 0 Å². The summed E-state index contributed by atoms with van der Waals surface area (Å²) < 4.78 is 7.24. The van der Waals surface area contributed by atoms with Gasteiger partial charge in [0.25, 0.3) is 0 Å². The van der Waals surface area contributed by atoms with Crippen molar-refractivity contribution in [2.75, 3.05) is 51.8 Å². The summed E-state index contributed by atoms with van der Waals surface area (Å²) in [4.78, 5) is 9.11. The average molecular weight is 470 g/mol. The van der Waals surface area contributed by atoms with Crippen molar-refractivity contribution in [3.63, 3.8) is 0 Å². The minimum Gasteiger partial charge on any atom is -0.497 e. The van der Waals surface area contributed by atoms with Gasteiger partial charge in [-0.1, -0.05) is 6.07 Å². The number of anilines is 1. The molecule has 2 heterocycles. The monoisotopic (exact) mass is 470 g/mol. The van der Waals surface area contributed by atoms with Gasteiger partial charge in [0.15, 0.2) is 5.96 Å². The quantitative estimate of drug-likeness (QED) is 0.411. The second kappa shape index (κ2) is 10.2. The molecule has 1 aromatic carbocycles. The van der Waals surface area contributed by atoms with Gasteiger partial charge in [0, 0.05) is 63.9 Å². The lowest BCUT2D eigenvalue weighted by Gasteiger charge is -2.37. The second-order valence-electron chi connectivity index (χ2n) is 5.92. The number of ether oxygens (including phenoxy) is 1. The molecule has 3 rings (SSSR count). The van der Waals surface area contributed by atoms with Crippen molar-refractivity contribution >= 4 is 35.6 Å². The van der Waals surface area contributed by atoms with Gasteiger partial charge in [-0.25, -0.2) is 0 Å². The Morgan fingerprint density at radius 3 is 2.69 bits per heavy atom. The van der Waals surface area contributed by atoms with Gasteiger partial charge in [0.05, 0.1) is 13.7 Å². The minimum absolute atomic E-state index is 0. The van der Waals surface area contributed by atoms with E-state index >= 15 is 0 Å². The van der Waals surface area contributed by atoms with Crippen LogP contribution in [0.15, 0.2) is 47.7 Å². The number of aliphatic imine (C=N–C) groups is 1. The lowest BCUT2D eigenvalue weighted by molar-refractivity contribution is 0.370. The maximum absolute atomic E-state index is 5.32. The van der Waals surface area contributed by atoms with Crippen LogP contribution in [-0.4, -0.2) is 67.5 Å². The van der Waals surface area contributed by atoms with Crippen molar-refractivity contribution in [1.82, 2.24) is 20.0 Å². The number of hydrogen-bond acceptors (Lipinski definition) is 4. The maximum Gasteiger partial charge on any atom is 0.193 e. The van der Waals surface area contributed by atoms with E-state index in [1.807, 2.05) is 36.1 Å². The summed E-state index contributed by atoms with van der Waals surface area (Å²) in [5.74, 6) is 1.86. The molecule has 0 saturated carbocycles. The molecule has 0 atom stereocenters. The zero-order valence-electron chi connectivity index (χ0n) is 15.3. The van der Waals surface area contributed by atoms with Gasteiger partial charge in [0.2, 0.25) is 0 Å². The predicted molar refractivity (Wildman–Crippen MR) is 116 cm³/mol. The number of nitrogens with one attached hydrogen (secondary N) is 1. The Bertz CT molecular complexity index is 683. The molecule has 26 heavy (non-hydrogen) atoms. The number of methoxy groups -OCH3 is 1. The summed E-state index contributed by atoms with van der Waals surface area (Å²) in [6, 6.07) is 10.2. The third-order valence-corrected chi connectivity index (χ3v) is 4.39. The van der Waals surface area contributed by atoms with E-state index in [0.29, 0.717) is 0 Å². The number of benzene rings is 1. The third kappa shape index (κ3) is 5.26. The first kappa shape index (κ1) is 20.3. The Morgan fingerprint density at radius 2 is 2.04 bits per heavy atom. The predicted octanol–water partition coefficient (Wildman–Crippen LogP) is 1.91. The Balaban J connectivity index is 0.00000243. The van der Waals surface area contributed by atoms with Crippen LogP contribution < -0.4 is 15.0 Å². The zero-order valence-corrected chi connectivity index (χ0v) is 17.7. The highest BCUT2D eigenvalue weighted by atomic mass is 127. The average Bonchev–Trinajstić information content (AvgIpc) is 3.19. The summed E-state index contributed by atoms with van der Waals surface area (Å²) in [6.07, 6.45) is 3.77. The van der Waals surface area contributed by atoms with Crippen LogP contribution in [0.2, 0.25) is 0 Å². The Labute approximate surface area is 172 Å². The SMILES string of the molecule is CN=C(NCCn1cccn1)N1CCN(c2cccc(OC)c2)CC1.I. The summed E-state index contributed by atoms with van der Waals surface area (Å²) >= 11 is 0. The lowest BCUT2D eigenvalue weighted by atomic mass is 10.2. The van der Waals surface area contributed by atoms with Gasteiger partial charge in [-0.15, -0.1) is 24.0 Å². The molecule has 1 aromatic heterocycles. The van der Waals surface area contributed by atoms with Gasteiger partial charge in [0.1, 0.15) is 5.75 Å². The van der Waals surface area contributed by atoms with Crippen molar-refractivity contribution in [2.45, 2.75) is 6.54 Å². The number of aromatic nitrogens is 2. The molecule has 8 heteroatoms. The standard InChI is InChI=1S/C18H26N6O.HI/c1-19-18(20-8-10-24-9-4-7-21-24)23-13-11-22(12-14-23)16-5-3-6-17(15-16)25-2;/h3-7,9,15H,8,10-14H2,1-2H3,(H,19,20);1H. The number of nitrogens with zero attached hydrogens (tertiary/aromatic N) is 5. The third-order valence-electron chi connectivity index (χ3n) is 4.39. The highest BCUT2D eigenvalue weighted by Crippen LogP contribution is 2.22. The van der Waals surface area contributed by atoms with Crippen molar-refractivity contribution < 1.29 is 4.74 Å². The van der Waals surface area contributed by atoms with Crippen molar-refractivity contribution in [3.05, 3.63) is 42.7 Å². The van der Waals surface area contributed by atoms with Crippen LogP contribution in [0.1, 0.15) is 0 Å².